The van der Waals surface area contributed by atoms with Gasteiger partial charge in [-0.25, -0.2) is 4.98 Å². The largest absolute Gasteiger partial charge is 0.395 e. The molecule has 2 aromatic rings. The molecule has 1 unspecified atom stereocenters. The summed E-state index contributed by atoms with van der Waals surface area (Å²) in [6, 6.07) is 8.95. The lowest BCUT2D eigenvalue weighted by Gasteiger charge is -2.41. The Morgan fingerprint density at radius 3 is 2.83 bits per heavy atom. The van der Waals surface area contributed by atoms with Gasteiger partial charge in [0.25, 0.3) is 0 Å². The Bertz CT molecular complexity index is 815. The van der Waals surface area contributed by atoms with E-state index in [1.807, 2.05) is 10.9 Å². The number of nitrogens with zero attached hydrogens (tertiary/aromatic N) is 3. The number of benzene rings is 1. The number of carbonyl (C=O) groups excluding carboxylic acids is 1. The van der Waals surface area contributed by atoms with E-state index in [2.05, 4.69) is 34.1 Å². The number of fused-ring (bicyclic) bond motifs is 2. The third-order valence-electron chi connectivity index (χ3n) is 6.85. The Morgan fingerprint density at radius 1 is 1.31 bits per heavy atom. The monoisotopic (exact) mass is 413 g/mol. The smallest absolute Gasteiger partial charge is 0.227 e. The second-order valence-corrected chi connectivity index (χ2v) is 9.32. The maximum Gasteiger partial charge on any atom is 0.227 e. The fourth-order valence-corrected chi connectivity index (χ4v) is 5.72. The zero-order valence-corrected chi connectivity index (χ0v) is 18.0. The number of likely N-dealkylation sites (N-methyl/N-ethyl adjacent to an activating group) is 1. The average molecular weight is 414 g/mol. The van der Waals surface area contributed by atoms with E-state index < -0.39 is 0 Å². The lowest BCUT2D eigenvalue weighted by atomic mass is 9.73. The topological polar surface area (TPSA) is 56.7 Å². The second-order valence-electron chi connectivity index (χ2n) is 8.60. The number of amides is 1. The predicted octanol–water partition coefficient (Wildman–Crippen LogP) is 2.73. The van der Waals surface area contributed by atoms with Crippen LogP contribution in [0.2, 0.25) is 0 Å². The molecule has 5 nitrogen and oxygen atoms in total. The molecule has 1 amide bonds. The second kappa shape index (κ2) is 8.94. The van der Waals surface area contributed by atoms with Gasteiger partial charge in [0.2, 0.25) is 5.91 Å². The standard InChI is InChI=1S/C23H31N3O2S/c1-25(12-13-27)22(28)19(14-20-16-29-17-24-20)15-26-10-8-23(9-11-26)7-6-18-4-2-3-5-21(18)23/h2-5,16-17,19,27H,6-15H2,1H3. The molecule has 1 atom stereocenters. The predicted molar refractivity (Wildman–Crippen MR) is 116 cm³/mol. The van der Waals surface area contributed by atoms with Gasteiger partial charge < -0.3 is 14.9 Å². The maximum atomic E-state index is 13.0. The molecule has 0 saturated carbocycles. The van der Waals surface area contributed by atoms with Crippen molar-refractivity contribution in [1.29, 1.82) is 0 Å². The molecular weight excluding hydrogens is 382 g/mol. The third kappa shape index (κ3) is 4.39. The lowest BCUT2D eigenvalue weighted by Crippen LogP contribution is -2.47. The molecular formula is C23H31N3O2S. The number of aryl methyl sites for hydroxylation is 1. The number of piperidine rings is 1. The molecule has 156 valence electrons. The average Bonchev–Trinajstić information content (AvgIpc) is 3.38. The van der Waals surface area contributed by atoms with Crippen LogP contribution in [0.3, 0.4) is 0 Å². The van der Waals surface area contributed by atoms with E-state index in [1.54, 1.807) is 28.8 Å². The highest BCUT2D eigenvalue weighted by molar-refractivity contribution is 7.07. The number of aliphatic hydroxyl groups is 1. The van der Waals surface area contributed by atoms with Gasteiger partial charge in [0.15, 0.2) is 0 Å². The molecule has 1 aliphatic carbocycles. The number of thiazole rings is 1. The number of likely N-dealkylation sites (tertiary alicyclic amines) is 1. The minimum absolute atomic E-state index is 0.00267. The van der Waals surface area contributed by atoms with Crippen LogP contribution in [0.25, 0.3) is 0 Å². The van der Waals surface area contributed by atoms with E-state index in [1.165, 1.54) is 31.2 Å². The maximum absolute atomic E-state index is 13.0. The van der Waals surface area contributed by atoms with Gasteiger partial charge in [-0.1, -0.05) is 24.3 Å². The fourth-order valence-electron chi connectivity index (χ4n) is 5.15. The van der Waals surface area contributed by atoms with Crippen LogP contribution in [0, 0.1) is 5.92 Å². The highest BCUT2D eigenvalue weighted by Crippen LogP contribution is 2.46. The summed E-state index contributed by atoms with van der Waals surface area (Å²) in [6.07, 6.45) is 5.48. The van der Waals surface area contributed by atoms with Gasteiger partial charge in [-0.3, -0.25) is 4.79 Å². The molecule has 1 spiro atoms. The molecule has 1 fully saturated rings. The Morgan fingerprint density at radius 2 is 2.10 bits per heavy atom. The van der Waals surface area contributed by atoms with E-state index >= 15 is 0 Å². The first-order valence-electron chi connectivity index (χ1n) is 10.6. The summed E-state index contributed by atoms with van der Waals surface area (Å²) in [5.74, 6) is -0.00267. The molecule has 29 heavy (non-hydrogen) atoms. The van der Waals surface area contributed by atoms with Crippen LogP contribution in [0.5, 0.6) is 0 Å². The van der Waals surface area contributed by atoms with E-state index in [-0.39, 0.29) is 18.4 Å². The number of rotatable bonds is 7. The Balaban J connectivity index is 1.42. The number of aliphatic hydroxyl groups excluding tert-OH is 1. The van der Waals surface area contributed by atoms with Gasteiger partial charge >= 0.3 is 0 Å². The van der Waals surface area contributed by atoms with Crippen LogP contribution in [0.4, 0.5) is 0 Å². The first-order chi connectivity index (χ1) is 14.1. The molecule has 1 aliphatic heterocycles. The summed E-state index contributed by atoms with van der Waals surface area (Å²) >= 11 is 1.57. The molecule has 2 aliphatic rings. The molecule has 0 bridgehead atoms. The van der Waals surface area contributed by atoms with Crippen molar-refractivity contribution in [3.63, 3.8) is 0 Å². The Hall–Kier alpha value is -1.76. The van der Waals surface area contributed by atoms with Gasteiger partial charge in [0.1, 0.15) is 0 Å². The Kier molecular flexibility index (Phi) is 6.32. The van der Waals surface area contributed by atoms with Crippen LogP contribution in [-0.4, -0.2) is 65.6 Å². The lowest BCUT2D eigenvalue weighted by molar-refractivity contribution is -0.135. The van der Waals surface area contributed by atoms with Crippen molar-refractivity contribution < 1.29 is 9.90 Å². The van der Waals surface area contributed by atoms with Gasteiger partial charge in [0, 0.05) is 31.9 Å². The molecule has 6 heteroatoms. The van der Waals surface area contributed by atoms with E-state index in [0.29, 0.717) is 18.4 Å². The van der Waals surface area contributed by atoms with Crippen molar-refractivity contribution in [3.8, 4) is 0 Å². The summed E-state index contributed by atoms with van der Waals surface area (Å²) in [7, 11) is 1.78. The first-order valence-corrected chi connectivity index (χ1v) is 11.6. The van der Waals surface area contributed by atoms with E-state index in [0.717, 1.165) is 25.3 Å². The normalized spacial score (nSPS) is 19.2. The summed E-state index contributed by atoms with van der Waals surface area (Å²) in [5, 5.41) is 11.3. The van der Waals surface area contributed by atoms with Crippen LogP contribution < -0.4 is 0 Å². The number of hydrogen-bond acceptors (Lipinski definition) is 5. The fraction of sp³-hybridized carbons (Fsp3) is 0.565. The van der Waals surface area contributed by atoms with Crippen LogP contribution in [0.1, 0.15) is 36.1 Å². The van der Waals surface area contributed by atoms with Crippen LogP contribution in [-0.2, 0) is 23.1 Å². The van der Waals surface area contributed by atoms with Gasteiger partial charge in [-0.2, -0.15) is 0 Å². The van der Waals surface area contributed by atoms with Crippen molar-refractivity contribution in [2.45, 2.75) is 37.5 Å². The Labute approximate surface area is 177 Å². The van der Waals surface area contributed by atoms with E-state index in [4.69, 9.17) is 0 Å². The van der Waals surface area contributed by atoms with Crippen molar-refractivity contribution in [3.05, 3.63) is 52.0 Å². The van der Waals surface area contributed by atoms with Crippen molar-refractivity contribution in [1.82, 2.24) is 14.8 Å². The van der Waals surface area contributed by atoms with Gasteiger partial charge in [0.05, 0.1) is 23.7 Å². The quantitative estimate of drug-likeness (QED) is 0.758. The molecule has 1 aromatic heterocycles. The highest BCUT2D eigenvalue weighted by atomic mass is 32.1. The first kappa shape index (κ1) is 20.5. The van der Waals surface area contributed by atoms with Crippen molar-refractivity contribution in [2.24, 2.45) is 5.92 Å². The summed E-state index contributed by atoms with van der Waals surface area (Å²) < 4.78 is 0. The zero-order chi connectivity index (χ0) is 20.3. The van der Waals surface area contributed by atoms with Crippen LogP contribution in [0.15, 0.2) is 35.2 Å². The van der Waals surface area contributed by atoms with Gasteiger partial charge in [-0.15, -0.1) is 11.3 Å². The molecule has 2 heterocycles. The third-order valence-corrected chi connectivity index (χ3v) is 7.49. The van der Waals surface area contributed by atoms with Crippen LogP contribution >= 0.6 is 11.3 Å². The van der Waals surface area contributed by atoms with Gasteiger partial charge in [-0.05, 0) is 55.3 Å². The minimum Gasteiger partial charge on any atom is -0.395 e. The molecule has 1 saturated heterocycles. The molecule has 1 aromatic carbocycles. The van der Waals surface area contributed by atoms with Crippen molar-refractivity contribution in [2.75, 3.05) is 39.8 Å². The SMILES string of the molecule is CN(CCO)C(=O)C(Cc1cscn1)CN1CCC2(CCc3ccccc32)CC1. The van der Waals surface area contributed by atoms with Crippen molar-refractivity contribution >= 4 is 17.2 Å². The highest BCUT2D eigenvalue weighted by Gasteiger charge is 2.41. The zero-order valence-electron chi connectivity index (χ0n) is 17.2. The van der Waals surface area contributed by atoms with E-state index in [9.17, 15) is 9.90 Å². The number of aromatic nitrogens is 1. The number of carbonyl (C=O) groups is 1. The molecule has 1 N–H and O–H groups in total. The number of hydrogen-bond donors (Lipinski definition) is 1. The summed E-state index contributed by atoms with van der Waals surface area (Å²) in [6.45, 7) is 3.23. The minimum atomic E-state index is -0.112. The molecule has 0 radical (unpaired) electrons. The molecule has 4 rings (SSSR count). The summed E-state index contributed by atoms with van der Waals surface area (Å²) in [5.41, 5.74) is 6.26. The summed E-state index contributed by atoms with van der Waals surface area (Å²) in [4.78, 5) is 21.5.